The molecule has 1 heterocycles. The number of amides is 2. The molecule has 0 aliphatic rings. The molecule has 6 heteroatoms. The predicted octanol–water partition coefficient (Wildman–Crippen LogP) is 6.16. The van der Waals surface area contributed by atoms with E-state index in [0.29, 0.717) is 11.4 Å². The van der Waals surface area contributed by atoms with E-state index in [1.165, 1.54) is 18.4 Å². The van der Waals surface area contributed by atoms with Gasteiger partial charge in [-0.2, -0.15) is 5.10 Å². The average molecular weight is 469 g/mol. The summed E-state index contributed by atoms with van der Waals surface area (Å²) in [5.74, 6) is 0.282. The molecule has 2 rings (SSSR count). The first-order chi connectivity index (χ1) is 15.7. The molecular weight excluding hydrogens is 424 g/mol. The van der Waals surface area contributed by atoms with E-state index >= 15 is 0 Å². The number of hydrogen-bond acceptors (Lipinski definition) is 3. The van der Waals surface area contributed by atoms with Crippen molar-refractivity contribution in [2.45, 2.75) is 105 Å². The summed E-state index contributed by atoms with van der Waals surface area (Å²) in [6.07, 6.45) is 4.58. The van der Waals surface area contributed by atoms with E-state index in [4.69, 9.17) is 5.10 Å². The van der Waals surface area contributed by atoms with Crippen LogP contribution in [0.3, 0.4) is 0 Å². The highest BCUT2D eigenvalue weighted by Crippen LogP contribution is 2.28. The van der Waals surface area contributed by atoms with Crippen LogP contribution >= 0.6 is 0 Å². The van der Waals surface area contributed by atoms with Crippen LogP contribution < -0.4 is 5.32 Å². The molecule has 0 bridgehead atoms. The third-order valence-electron chi connectivity index (χ3n) is 5.85. The Kier molecular flexibility index (Phi) is 9.09. The van der Waals surface area contributed by atoms with Crippen LogP contribution in [0, 0.1) is 0 Å². The summed E-state index contributed by atoms with van der Waals surface area (Å²) in [6.45, 7) is 18.5. The van der Waals surface area contributed by atoms with E-state index < -0.39 is 0 Å². The Morgan fingerprint density at radius 3 is 2.15 bits per heavy atom. The van der Waals surface area contributed by atoms with Crippen molar-refractivity contribution in [3.8, 4) is 0 Å². The van der Waals surface area contributed by atoms with Gasteiger partial charge in [-0.25, -0.2) is 4.68 Å². The van der Waals surface area contributed by atoms with E-state index in [9.17, 15) is 9.59 Å². The molecule has 0 saturated heterocycles. The van der Waals surface area contributed by atoms with Gasteiger partial charge in [-0.15, -0.1) is 0 Å². The van der Waals surface area contributed by atoms with Crippen LogP contribution in [0.15, 0.2) is 30.3 Å². The normalized spacial score (nSPS) is 12.2. The van der Waals surface area contributed by atoms with Crippen LogP contribution in [0.1, 0.15) is 103 Å². The van der Waals surface area contributed by atoms with Crippen molar-refractivity contribution in [2.24, 2.45) is 0 Å². The molecule has 1 N–H and O–H groups in total. The number of hydrogen-bond donors (Lipinski definition) is 1. The Hall–Kier alpha value is -2.63. The van der Waals surface area contributed by atoms with Crippen LogP contribution in [0.5, 0.6) is 0 Å². The van der Waals surface area contributed by atoms with Gasteiger partial charge >= 0.3 is 0 Å². The molecule has 1 aromatic carbocycles. The van der Waals surface area contributed by atoms with Gasteiger partial charge in [0, 0.05) is 23.1 Å². The molecule has 34 heavy (non-hydrogen) atoms. The highest BCUT2D eigenvalue weighted by Gasteiger charge is 2.27. The number of nitrogens with zero attached hydrogens (tertiary/aromatic N) is 3. The average Bonchev–Trinajstić information content (AvgIpc) is 3.17. The minimum atomic E-state index is -0.293. The van der Waals surface area contributed by atoms with E-state index in [-0.39, 0.29) is 35.4 Å². The Balaban J connectivity index is 2.16. The lowest BCUT2D eigenvalue weighted by atomic mass is 9.92. The molecule has 2 amide bonds. The highest BCUT2D eigenvalue weighted by atomic mass is 16.2. The summed E-state index contributed by atoms with van der Waals surface area (Å²) in [4.78, 5) is 27.9. The van der Waals surface area contributed by atoms with Gasteiger partial charge in [0.05, 0.1) is 11.2 Å². The number of anilines is 1. The molecule has 2 aromatic rings. The maximum atomic E-state index is 13.2. The molecule has 0 spiro atoms. The first kappa shape index (κ1) is 27.6. The lowest BCUT2D eigenvalue weighted by Gasteiger charge is -2.27. The first-order valence-corrected chi connectivity index (χ1v) is 12.5. The van der Waals surface area contributed by atoms with Gasteiger partial charge in [-0.1, -0.05) is 52.7 Å². The number of rotatable bonds is 9. The Bertz CT molecular complexity index is 960. The largest absolute Gasteiger partial charge is 0.327 e. The summed E-state index contributed by atoms with van der Waals surface area (Å²) in [5, 5.41) is 7.77. The van der Waals surface area contributed by atoms with Gasteiger partial charge in [0.1, 0.15) is 12.4 Å². The van der Waals surface area contributed by atoms with Crippen LogP contribution in [-0.4, -0.2) is 39.1 Å². The first-order valence-electron chi connectivity index (χ1n) is 12.5. The summed E-state index contributed by atoms with van der Waals surface area (Å²) in [6, 6.07) is 9.62. The summed E-state index contributed by atoms with van der Waals surface area (Å²) >= 11 is 0. The van der Waals surface area contributed by atoms with Crippen LogP contribution in [0.25, 0.3) is 0 Å². The quantitative estimate of drug-likeness (QED) is 0.448. The fourth-order valence-electron chi connectivity index (χ4n) is 3.73. The molecule has 0 radical (unpaired) electrons. The predicted molar refractivity (Wildman–Crippen MR) is 140 cm³/mol. The van der Waals surface area contributed by atoms with E-state index in [1.54, 1.807) is 4.90 Å². The van der Waals surface area contributed by atoms with Gasteiger partial charge < -0.3 is 10.2 Å². The standard InChI is InChI=1S/C28H44N4O2/c1-10-11-12-13-21-14-16-22(17-15-21)26(34)31(20(2)3)19-25(33)29-24-18-23(27(4,5)6)30-32(24)28(7,8)9/h14-18,20H,10-13,19H2,1-9H3,(H,29,33). The van der Waals surface area contributed by atoms with Crippen molar-refractivity contribution in [3.05, 3.63) is 47.2 Å². The lowest BCUT2D eigenvalue weighted by molar-refractivity contribution is -0.117. The maximum absolute atomic E-state index is 13.2. The monoisotopic (exact) mass is 468 g/mol. The van der Waals surface area contributed by atoms with Crippen molar-refractivity contribution in [1.82, 2.24) is 14.7 Å². The Morgan fingerprint density at radius 1 is 1.03 bits per heavy atom. The van der Waals surface area contributed by atoms with Crippen molar-refractivity contribution >= 4 is 17.6 Å². The number of carbonyl (C=O) groups excluding carboxylic acids is 2. The summed E-state index contributed by atoms with van der Waals surface area (Å²) in [5.41, 5.74) is 2.32. The van der Waals surface area contributed by atoms with Crippen molar-refractivity contribution in [3.63, 3.8) is 0 Å². The molecule has 1 aromatic heterocycles. The minimum Gasteiger partial charge on any atom is -0.327 e. The van der Waals surface area contributed by atoms with E-state index in [0.717, 1.165) is 18.5 Å². The van der Waals surface area contributed by atoms with Gasteiger partial charge in [0.15, 0.2) is 0 Å². The second kappa shape index (κ2) is 11.2. The summed E-state index contributed by atoms with van der Waals surface area (Å²) < 4.78 is 1.85. The third kappa shape index (κ3) is 7.44. The fraction of sp³-hybridized carbons (Fsp3) is 0.607. The smallest absolute Gasteiger partial charge is 0.254 e. The second-order valence-electron chi connectivity index (χ2n) is 11.5. The molecule has 0 unspecified atom stereocenters. The number of aryl methyl sites for hydroxylation is 1. The molecular formula is C28H44N4O2. The van der Waals surface area contributed by atoms with Gasteiger partial charge in [-0.3, -0.25) is 9.59 Å². The zero-order valence-corrected chi connectivity index (χ0v) is 22.7. The molecule has 0 saturated carbocycles. The molecule has 188 valence electrons. The van der Waals surface area contributed by atoms with Crippen LogP contribution in [-0.2, 0) is 22.2 Å². The molecule has 0 aliphatic heterocycles. The van der Waals surface area contributed by atoms with Gasteiger partial charge in [0.25, 0.3) is 5.91 Å². The lowest BCUT2D eigenvalue weighted by Crippen LogP contribution is -2.42. The maximum Gasteiger partial charge on any atom is 0.254 e. The number of carbonyl (C=O) groups is 2. The third-order valence-corrected chi connectivity index (χ3v) is 5.85. The van der Waals surface area contributed by atoms with E-state index in [1.807, 2.05) is 48.9 Å². The second-order valence-corrected chi connectivity index (χ2v) is 11.5. The number of benzene rings is 1. The van der Waals surface area contributed by atoms with Crippen molar-refractivity contribution in [1.29, 1.82) is 0 Å². The van der Waals surface area contributed by atoms with Crippen LogP contribution in [0.2, 0.25) is 0 Å². The van der Waals surface area contributed by atoms with Gasteiger partial charge in [0.2, 0.25) is 5.91 Å². The van der Waals surface area contributed by atoms with E-state index in [2.05, 4.69) is 53.8 Å². The summed E-state index contributed by atoms with van der Waals surface area (Å²) in [7, 11) is 0. The number of unbranched alkanes of at least 4 members (excludes halogenated alkanes) is 2. The van der Waals surface area contributed by atoms with Crippen molar-refractivity contribution < 1.29 is 9.59 Å². The molecule has 6 nitrogen and oxygen atoms in total. The Morgan fingerprint density at radius 2 is 1.65 bits per heavy atom. The minimum absolute atomic E-state index is 0.0189. The fourth-order valence-corrected chi connectivity index (χ4v) is 3.73. The zero-order chi connectivity index (χ0) is 25.7. The zero-order valence-electron chi connectivity index (χ0n) is 22.7. The van der Waals surface area contributed by atoms with Gasteiger partial charge in [-0.05, 0) is 65.2 Å². The van der Waals surface area contributed by atoms with Crippen molar-refractivity contribution in [2.75, 3.05) is 11.9 Å². The number of nitrogens with one attached hydrogen (secondary N) is 1. The number of aromatic nitrogens is 2. The molecule has 0 aliphatic carbocycles. The SMILES string of the molecule is CCCCCc1ccc(C(=O)N(CC(=O)Nc2cc(C(C)(C)C)nn2C(C)(C)C)C(C)C)cc1. The molecule has 0 atom stereocenters. The topological polar surface area (TPSA) is 67.2 Å². The molecule has 0 fully saturated rings. The highest BCUT2D eigenvalue weighted by molar-refractivity contribution is 5.99. The Labute approximate surface area is 206 Å². The van der Waals surface area contributed by atoms with Crippen LogP contribution in [0.4, 0.5) is 5.82 Å².